The summed E-state index contributed by atoms with van der Waals surface area (Å²) < 4.78 is 30.0. The zero-order valence-electron chi connectivity index (χ0n) is 13.1. The third-order valence-electron chi connectivity index (χ3n) is 4.02. The summed E-state index contributed by atoms with van der Waals surface area (Å²) >= 11 is 12.1. The molecule has 1 saturated heterocycles. The quantitative estimate of drug-likeness (QED) is 0.781. The van der Waals surface area contributed by atoms with E-state index in [4.69, 9.17) is 27.5 Å². The van der Waals surface area contributed by atoms with Gasteiger partial charge in [0.05, 0.1) is 4.90 Å². The molecule has 0 spiro atoms. The summed E-state index contributed by atoms with van der Waals surface area (Å²) in [6.07, 6.45) is 0.778. The van der Waals surface area contributed by atoms with Gasteiger partial charge < -0.3 is 0 Å². The Kier molecular flexibility index (Phi) is 5.18. The minimum Gasteiger partial charge on any atom is -0.192 e. The van der Waals surface area contributed by atoms with E-state index in [0.717, 1.165) is 17.5 Å². The van der Waals surface area contributed by atoms with E-state index in [9.17, 15) is 8.42 Å². The van der Waals surface area contributed by atoms with Gasteiger partial charge in [0, 0.05) is 29.1 Å². The molecule has 2 aromatic rings. The van der Waals surface area contributed by atoms with Gasteiger partial charge in [-0.3, -0.25) is 0 Å². The maximum atomic E-state index is 12.3. The van der Waals surface area contributed by atoms with Crippen LogP contribution in [0.5, 0.6) is 0 Å². The molecule has 24 heavy (non-hydrogen) atoms. The van der Waals surface area contributed by atoms with Gasteiger partial charge in [0.1, 0.15) is 0 Å². The molecule has 1 unspecified atom stereocenters. The van der Waals surface area contributed by atoms with Crippen LogP contribution in [0.15, 0.2) is 47.4 Å². The number of nitrogens with zero attached hydrogens (tertiary/aromatic N) is 1. The first kappa shape index (κ1) is 17.7. The van der Waals surface area contributed by atoms with Crippen LogP contribution in [0.1, 0.15) is 23.5 Å². The van der Waals surface area contributed by atoms with E-state index < -0.39 is 10.1 Å². The van der Waals surface area contributed by atoms with Crippen LogP contribution in [0.4, 0.5) is 0 Å². The van der Waals surface area contributed by atoms with Crippen molar-refractivity contribution in [1.29, 1.82) is 0 Å². The van der Waals surface area contributed by atoms with Gasteiger partial charge in [-0.15, -0.1) is 0 Å². The number of hydroxylamine groups is 2. The van der Waals surface area contributed by atoms with E-state index in [1.54, 1.807) is 30.3 Å². The standard InChI is InChI=1S/C17H17Cl2NO3S/c1-12-2-4-17(5-3-12)24(21,22)23-20-7-6-13(11-20)14-8-15(18)10-16(19)9-14/h2-5,8-10,13H,6-7,11H2,1H3. The molecule has 1 heterocycles. The second-order valence-corrected chi connectivity index (χ2v) is 8.32. The summed E-state index contributed by atoms with van der Waals surface area (Å²) in [5.41, 5.74) is 1.99. The molecule has 1 aliphatic heterocycles. The van der Waals surface area contributed by atoms with Crippen molar-refractivity contribution in [2.45, 2.75) is 24.2 Å². The molecule has 0 radical (unpaired) electrons. The van der Waals surface area contributed by atoms with Crippen LogP contribution in [-0.2, 0) is 14.4 Å². The van der Waals surface area contributed by atoms with Gasteiger partial charge in [0.25, 0.3) is 0 Å². The van der Waals surface area contributed by atoms with Crippen LogP contribution in [0.2, 0.25) is 10.0 Å². The second-order valence-electron chi connectivity index (χ2n) is 5.92. The van der Waals surface area contributed by atoms with E-state index in [2.05, 4.69) is 0 Å². The lowest BCUT2D eigenvalue weighted by Crippen LogP contribution is -2.25. The summed E-state index contributed by atoms with van der Waals surface area (Å²) in [4.78, 5) is 0.155. The molecule has 0 amide bonds. The average Bonchev–Trinajstić information content (AvgIpc) is 2.94. The fourth-order valence-corrected chi connectivity index (χ4v) is 4.28. The van der Waals surface area contributed by atoms with Crippen molar-refractivity contribution < 1.29 is 12.7 Å². The van der Waals surface area contributed by atoms with Gasteiger partial charge in [-0.05, 0) is 49.2 Å². The second kappa shape index (κ2) is 7.02. The molecular weight excluding hydrogens is 369 g/mol. The summed E-state index contributed by atoms with van der Waals surface area (Å²) in [6, 6.07) is 12.0. The van der Waals surface area contributed by atoms with Crippen molar-refractivity contribution in [3.05, 3.63) is 63.6 Å². The molecule has 0 aliphatic carbocycles. The molecule has 0 bridgehead atoms. The van der Waals surface area contributed by atoms with Gasteiger partial charge in [-0.1, -0.05) is 40.9 Å². The molecule has 3 rings (SSSR count). The molecule has 1 aliphatic rings. The van der Waals surface area contributed by atoms with Crippen LogP contribution < -0.4 is 0 Å². The first-order chi connectivity index (χ1) is 11.3. The van der Waals surface area contributed by atoms with Crippen molar-refractivity contribution >= 4 is 33.3 Å². The molecular formula is C17H17Cl2NO3S. The van der Waals surface area contributed by atoms with E-state index in [-0.39, 0.29) is 10.8 Å². The van der Waals surface area contributed by atoms with Crippen molar-refractivity contribution in [2.24, 2.45) is 0 Å². The minimum atomic E-state index is -3.81. The van der Waals surface area contributed by atoms with E-state index in [1.807, 2.05) is 19.1 Å². The summed E-state index contributed by atoms with van der Waals surface area (Å²) in [7, 11) is -3.81. The fraction of sp³-hybridized carbons (Fsp3) is 0.294. The largest absolute Gasteiger partial charge is 0.313 e. The Morgan fingerprint density at radius 3 is 2.33 bits per heavy atom. The molecule has 0 aromatic heterocycles. The highest BCUT2D eigenvalue weighted by Gasteiger charge is 2.29. The van der Waals surface area contributed by atoms with E-state index >= 15 is 0 Å². The maximum Gasteiger partial charge on any atom is 0.313 e. The van der Waals surface area contributed by atoms with Crippen molar-refractivity contribution in [1.82, 2.24) is 5.06 Å². The van der Waals surface area contributed by atoms with E-state index in [0.29, 0.717) is 23.1 Å². The van der Waals surface area contributed by atoms with Crippen LogP contribution in [-0.4, -0.2) is 26.6 Å². The third kappa shape index (κ3) is 4.10. The predicted molar refractivity (Wildman–Crippen MR) is 94.8 cm³/mol. The Morgan fingerprint density at radius 1 is 1.08 bits per heavy atom. The Bertz CT molecular complexity index is 817. The molecule has 7 heteroatoms. The lowest BCUT2D eigenvalue weighted by atomic mass is 9.99. The van der Waals surface area contributed by atoms with Gasteiger partial charge in [-0.2, -0.15) is 17.8 Å². The summed E-state index contributed by atoms with van der Waals surface area (Å²) in [5.74, 6) is 0.134. The van der Waals surface area contributed by atoms with Gasteiger partial charge in [-0.25, -0.2) is 0 Å². The predicted octanol–water partition coefficient (Wildman–Crippen LogP) is 4.41. The first-order valence-electron chi connectivity index (χ1n) is 7.56. The average molecular weight is 386 g/mol. The molecule has 128 valence electrons. The van der Waals surface area contributed by atoms with Gasteiger partial charge in [0.15, 0.2) is 0 Å². The fourth-order valence-electron chi connectivity index (χ4n) is 2.77. The molecule has 4 nitrogen and oxygen atoms in total. The third-order valence-corrected chi connectivity index (χ3v) is 5.71. The lowest BCUT2D eigenvalue weighted by molar-refractivity contribution is -0.0283. The Hall–Kier alpha value is -1.11. The molecule has 1 atom stereocenters. The number of halogens is 2. The number of hydrogen-bond acceptors (Lipinski definition) is 4. The first-order valence-corrected chi connectivity index (χ1v) is 9.72. The Morgan fingerprint density at radius 2 is 1.71 bits per heavy atom. The SMILES string of the molecule is Cc1ccc(S(=O)(=O)ON2CCC(c3cc(Cl)cc(Cl)c3)C2)cc1. The topological polar surface area (TPSA) is 46.6 Å². The van der Waals surface area contributed by atoms with Gasteiger partial charge in [0.2, 0.25) is 0 Å². The molecule has 1 fully saturated rings. The molecule has 2 aromatic carbocycles. The highest BCUT2D eigenvalue weighted by molar-refractivity contribution is 7.86. The number of hydrogen-bond donors (Lipinski definition) is 0. The van der Waals surface area contributed by atoms with Crippen LogP contribution >= 0.6 is 23.2 Å². The monoisotopic (exact) mass is 385 g/mol. The smallest absolute Gasteiger partial charge is 0.192 e. The zero-order chi connectivity index (χ0) is 17.3. The normalized spacial score (nSPS) is 18.9. The van der Waals surface area contributed by atoms with Crippen molar-refractivity contribution in [3.63, 3.8) is 0 Å². The van der Waals surface area contributed by atoms with Crippen LogP contribution in [0.25, 0.3) is 0 Å². The molecule has 0 saturated carbocycles. The van der Waals surface area contributed by atoms with Crippen molar-refractivity contribution in [2.75, 3.05) is 13.1 Å². The van der Waals surface area contributed by atoms with Crippen LogP contribution in [0.3, 0.4) is 0 Å². The van der Waals surface area contributed by atoms with E-state index in [1.165, 1.54) is 5.06 Å². The number of aryl methyl sites for hydroxylation is 1. The highest BCUT2D eigenvalue weighted by Crippen LogP contribution is 2.32. The van der Waals surface area contributed by atoms with Crippen LogP contribution in [0, 0.1) is 6.92 Å². The minimum absolute atomic E-state index is 0.134. The summed E-state index contributed by atoms with van der Waals surface area (Å²) in [6.45, 7) is 2.90. The van der Waals surface area contributed by atoms with Crippen molar-refractivity contribution in [3.8, 4) is 0 Å². The highest BCUT2D eigenvalue weighted by atomic mass is 35.5. The Labute approximate surface area is 152 Å². The maximum absolute atomic E-state index is 12.3. The summed E-state index contributed by atoms with van der Waals surface area (Å²) in [5, 5.41) is 2.63. The zero-order valence-corrected chi connectivity index (χ0v) is 15.4. The molecule has 0 N–H and O–H groups in total. The van der Waals surface area contributed by atoms with Gasteiger partial charge >= 0.3 is 10.1 Å². The Balaban J connectivity index is 1.70. The lowest BCUT2D eigenvalue weighted by Gasteiger charge is -2.16. The number of rotatable bonds is 4. The number of benzene rings is 2.